The van der Waals surface area contributed by atoms with Crippen molar-refractivity contribution in [3.8, 4) is 0 Å². The van der Waals surface area contributed by atoms with E-state index in [1.165, 1.54) is 19.3 Å². The van der Waals surface area contributed by atoms with Gasteiger partial charge in [0.05, 0.1) is 13.0 Å². The molecule has 0 N–H and O–H groups in total. The molecule has 0 bridgehead atoms. The first-order chi connectivity index (χ1) is 7.33. The third-order valence-electron chi connectivity index (χ3n) is 2.63. The number of piperidine rings is 1. The van der Waals surface area contributed by atoms with Crippen LogP contribution in [0.2, 0.25) is 0 Å². The summed E-state index contributed by atoms with van der Waals surface area (Å²) in [5.41, 5.74) is 0. The number of hydrogen-bond acceptors (Lipinski definition) is 4. The summed E-state index contributed by atoms with van der Waals surface area (Å²) in [4.78, 5) is 13.6. The summed E-state index contributed by atoms with van der Waals surface area (Å²) in [5, 5.41) is 0. The lowest BCUT2D eigenvalue weighted by molar-refractivity contribution is -0.145. The quantitative estimate of drug-likeness (QED) is 0.490. The molecule has 0 atom stereocenters. The van der Waals surface area contributed by atoms with Crippen LogP contribution in [0.5, 0.6) is 0 Å². The molecule has 4 heteroatoms. The predicted octanol–water partition coefficient (Wildman–Crippen LogP) is 1.05. The fourth-order valence-electron chi connectivity index (χ4n) is 1.74. The van der Waals surface area contributed by atoms with Crippen LogP contribution in [-0.2, 0) is 14.3 Å². The van der Waals surface area contributed by atoms with Crippen LogP contribution < -0.4 is 0 Å². The van der Waals surface area contributed by atoms with E-state index in [0.29, 0.717) is 19.6 Å². The van der Waals surface area contributed by atoms with Crippen molar-refractivity contribution in [2.24, 2.45) is 0 Å². The van der Waals surface area contributed by atoms with Crippen LogP contribution in [-0.4, -0.2) is 50.8 Å². The van der Waals surface area contributed by atoms with Gasteiger partial charge >= 0.3 is 5.97 Å². The van der Waals surface area contributed by atoms with Gasteiger partial charge in [-0.25, -0.2) is 0 Å². The Kier molecular flexibility index (Phi) is 6.36. The molecule has 88 valence electrons. The van der Waals surface area contributed by atoms with Gasteiger partial charge in [0, 0.05) is 13.7 Å². The van der Waals surface area contributed by atoms with Gasteiger partial charge < -0.3 is 14.4 Å². The van der Waals surface area contributed by atoms with Crippen molar-refractivity contribution in [3.63, 3.8) is 0 Å². The Bertz CT molecular complexity index is 179. The minimum absolute atomic E-state index is 0.113. The van der Waals surface area contributed by atoms with E-state index in [0.717, 1.165) is 19.6 Å². The van der Waals surface area contributed by atoms with Gasteiger partial charge in [-0.1, -0.05) is 6.42 Å². The first kappa shape index (κ1) is 12.5. The van der Waals surface area contributed by atoms with E-state index in [4.69, 9.17) is 9.47 Å². The number of rotatable bonds is 6. The third kappa shape index (κ3) is 5.74. The van der Waals surface area contributed by atoms with Gasteiger partial charge in [-0.2, -0.15) is 0 Å². The molecule has 0 spiro atoms. The highest BCUT2D eigenvalue weighted by atomic mass is 16.6. The van der Waals surface area contributed by atoms with Crippen LogP contribution in [0, 0.1) is 0 Å². The third-order valence-corrected chi connectivity index (χ3v) is 2.63. The van der Waals surface area contributed by atoms with E-state index < -0.39 is 0 Å². The lowest BCUT2D eigenvalue weighted by atomic mass is 10.1. The molecule has 0 radical (unpaired) electrons. The molecule has 0 aromatic heterocycles. The van der Waals surface area contributed by atoms with Gasteiger partial charge in [0.15, 0.2) is 0 Å². The molecule has 1 aliphatic rings. The summed E-state index contributed by atoms with van der Waals surface area (Å²) in [7, 11) is 1.60. The van der Waals surface area contributed by atoms with Gasteiger partial charge in [0.2, 0.25) is 0 Å². The predicted molar refractivity (Wildman–Crippen MR) is 57.7 cm³/mol. The summed E-state index contributed by atoms with van der Waals surface area (Å²) >= 11 is 0. The van der Waals surface area contributed by atoms with Crippen LogP contribution in [0.3, 0.4) is 0 Å². The first-order valence-corrected chi connectivity index (χ1v) is 5.70. The maximum absolute atomic E-state index is 11.3. The van der Waals surface area contributed by atoms with Crippen molar-refractivity contribution in [2.75, 3.05) is 40.0 Å². The number of nitrogens with zero attached hydrogens (tertiary/aromatic N) is 1. The molecule has 0 saturated carbocycles. The van der Waals surface area contributed by atoms with Crippen LogP contribution in [0.4, 0.5) is 0 Å². The van der Waals surface area contributed by atoms with E-state index in [2.05, 4.69) is 4.90 Å². The van der Waals surface area contributed by atoms with E-state index in [9.17, 15) is 4.79 Å². The van der Waals surface area contributed by atoms with Crippen molar-refractivity contribution in [1.82, 2.24) is 4.90 Å². The van der Waals surface area contributed by atoms with E-state index >= 15 is 0 Å². The summed E-state index contributed by atoms with van der Waals surface area (Å²) in [6.45, 7) is 3.95. The average Bonchev–Trinajstić information content (AvgIpc) is 2.28. The second-order valence-electron chi connectivity index (χ2n) is 3.87. The molecule has 0 unspecified atom stereocenters. The number of carbonyl (C=O) groups excluding carboxylic acids is 1. The molecule has 0 aromatic carbocycles. The monoisotopic (exact) mass is 215 g/mol. The van der Waals surface area contributed by atoms with Crippen LogP contribution >= 0.6 is 0 Å². The summed E-state index contributed by atoms with van der Waals surface area (Å²) in [6.07, 6.45) is 4.36. The van der Waals surface area contributed by atoms with Crippen molar-refractivity contribution >= 4 is 5.97 Å². The maximum Gasteiger partial charge on any atom is 0.307 e. The SMILES string of the molecule is COCCOC(=O)CCN1CCCCC1. The topological polar surface area (TPSA) is 38.8 Å². The highest BCUT2D eigenvalue weighted by molar-refractivity contribution is 5.69. The molecule has 0 amide bonds. The number of carbonyl (C=O) groups is 1. The molecule has 0 aliphatic carbocycles. The summed E-state index contributed by atoms with van der Waals surface area (Å²) in [5.74, 6) is -0.113. The summed E-state index contributed by atoms with van der Waals surface area (Å²) in [6, 6.07) is 0. The normalized spacial score (nSPS) is 17.7. The standard InChI is InChI=1S/C11H21NO3/c1-14-9-10-15-11(13)5-8-12-6-3-2-4-7-12/h2-10H2,1H3. The number of esters is 1. The molecular formula is C11H21NO3. The van der Waals surface area contributed by atoms with E-state index in [1.807, 2.05) is 0 Å². The molecule has 1 aliphatic heterocycles. The lowest BCUT2D eigenvalue weighted by Gasteiger charge is -2.25. The number of likely N-dealkylation sites (tertiary alicyclic amines) is 1. The second kappa shape index (κ2) is 7.65. The first-order valence-electron chi connectivity index (χ1n) is 5.70. The number of ether oxygens (including phenoxy) is 2. The fraction of sp³-hybridized carbons (Fsp3) is 0.909. The van der Waals surface area contributed by atoms with Crippen LogP contribution in [0.1, 0.15) is 25.7 Å². The second-order valence-corrected chi connectivity index (χ2v) is 3.87. The smallest absolute Gasteiger partial charge is 0.307 e. The average molecular weight is 215 g/mol. The Morgan fingerprint density at radius 3 is 2.60 bits per heavy atom. The minimum Gasteiger partial charge on any atom is -0.463 e. The molecule has 1 heterocycles. The zero-order chi connectivity index (χ0) is 10.9. The highest BCUT2D eigenvalue weighted by Gasteiger charge is 2.11. The van der Waals surface area contributed by atoms with E-state index in [-0.39, 0.29) is 5.97 Å². The van der Waals surface area contributed by atoms with Crippen molar-refractivity contribution < 1.29 is 14.3 Å². The fourth-order valence-corrected chi connectivity index (χ4v) is 1.74. The molecule has 1 rings (SSSR count). The molecule has 1 fully saturated rings. The van der Waals surface area contributed by atoms with Gasteiger partial charge in [0.25, 0.3) is 0 Å². The molecule has 0 aromatic rings. The Morgan fingerprint density at radius 2 is 1.93 bits per heavy atom. The van der Waals surface area contributed by atoms with Crippen molar-refractivity contribution in [3.05, 3.63) is 0 Å². The minimum atomic E-state index is -0.113. The Morgan fingerprint density at radius 1 is 1.20 bits per heavy atom. The molecular weight excluding hydrogens is 194 g/mol. The number of hydrogen-bond donors (Lipinski definition) is 0. The molecule has 4 nitrogen and oxygen atoms in total. The molecule has 15 heavy (non-hydrogen) atoms. The zero-order valence-corrected chi connectivity index (χ0v) is 9.54. The Hall–Kier alpha value is -0.610. The van der Waals surface area contributed by atoms with Gasteiger partial charge in [0.1, 0.15) is 6.61 Å². The highest BCUT2D eigenvalue weighted by Crippen LogP contribution is 2.08. The largest absolute Gasteiger partial charge is 0.463 e. The Labute approximate surface area is 91.5 Å². The molecule has 1 saturated heterocycles. The Balaban J connectivity index is 2.00. The van der Waals surface area contributed by atoms with Gasteiger partial charge in [-0.05, 0) is 25.9 Å². The maximum atomic E-state index is 11.3. The van der Waals surface area contributed by atoms with Crippen LogP contribution in [0.15, 0.2) is 0 Å². The van der Waals surface area contributed by atoms with Crippen LogP contribution in [0.25, 0.3) is 0 Å². The van der Waals surface area contributed by atoms with E-state index in [1.54, 1.807) is 7.11 Å². The zero-order valence-electron chi connectivity index (χ0n) is 9.54. The summed E-state index contributed by atoms with van der Waals surface area (Å²) < 4.78 is 9.78. The number of methoxy groups -OCH3 is 1. The van der Waals surface area contributed by atoms with Gasteiger partial charge in [-0.15, -0.1) is 0 Å². The van der Waals surface area contributed by atoms with Crippen molar-refractivity contribution in [2.45, 2.75) is 25.7 Å². The van der Waals surface area contributed by atoms with Gasteiger partial charge in [-0.3, -0.25) is 4.79 Å². The van der Waals surface area contributed by atoms with Crippen molar-refractivity contribution in [1.29, 1.82) is 0 Å². The lowest BCUT2D eigenvalue weighted by Crippen LogP contribution is -2.32.